The highest BCUT2D eigenvalue weighted by molar-refractivity contribution is 5.89. The van der Waals surface area contributed by atoms with E-state index < -0.39 is 23.9 Å². The number of amides is 1. The molecule has 3 atom stereocenters. The lowest BCUT2D eigenvalue weighted by Crippen LogP contribution is -2.32. The van der Waals surface area contributed by atoms with Crippen molar-refractivity contribution in [3.63, 3.8) is 0 Å². The van der Waals surface area contributed by atoms with Crippen LogP contribution in [0, 0.1) is 11.8 Å². The van der Waals surface area contributed by atoms with Gasteiger partial charge in [0.15, 0.2) is 0 Å². The van der Waals surface area contributed by atoms with Gasteiger partial charge in [0.05, 0.1) is 17.9 Å². The van der Waals surface area contributed by atoms with Crippen molar-refractivity contribution in [2.24, 2.45) is 11.8 Å². The summed E-state index contributed by atoms with van der Waals surface area (Å²) in [5, 5.41) is 19.8. The number of carboxylic acid groups (broad SMARTS) is 1. The lowest BCUT2D eigenvalue weighted by atomic mass is 10.3. The molecule has 0 bridgehead atoms. The van der Waals surface area contributed by atoms with Crippen LogP contribution in [0.5, 0.6) is 0 Å². The van der Waals surface area contributed by atoms with Crippen LogP contribution in [0.1, 0.15) is 13.3 Å². The Morgan fingerprint density at radius 1 is 1.54 bits per heavy atom. The first-order chi connectivity index (χ1) is 6.02. The van der Waals surface area contributed by atoms with Crippen molar-refractivity contribution in [1.82, 2.24) is 5.32 Å². The molecule has 1 aliphatic carbocycles. The normalized spacial score (nSPS) is 27.8. The summed E-state index contributed by atoms with van der Waals surface area (Å²) in [4.78, 5) is 21.5. The Balaban J connectivity index is 2.24. The minimum atomic E-state index is -0.919. The summed E-state index contributed by atoms with van der Waals surface area (Å²) < 4.78 is 0. The van der Waals surface area contributed by atoms with Crippen molar-refractivity contribution in [2.45, 2.75) is 19.4 Å². The fourth-order valence-corrected chi connectivity index (χ4v) is 1.14. The van der Waals surface area contributed by atoms with E-state index in [2.05, 4.69) is 5.32 Å². The quantitative estimate of drug-likeness (QED) is 0.538. The fraction of sp³-hybridized carbons (Fsp3) is 0.750. The van der Waals surface area contributed by atoms with Crippen molar-refractivity contribution in [2.75, 3.05) is 6.54 Å². The van der Waals surface area contributed by atoms with Crippen LogP contribution in [0.4, 0.5) is 0 Å². The Morgan fingerprint density at radius 2 is 2.15 bits per heavy atom. The van der Waals surface area contributed by atoms with Gasteiger partial charge in [-0.2, -0.15) is 0 Å². The Labute approximate surface area is 75.7 Å². The van der Waals surface area contributed by atoms with Gasteiger partial charge < -0.3 is 15.5 Å². The molecule has 0 aliphatic heterocycles. The molecule has 1 rings (SSSR count). The largest absolute Gasteiger partial charge is 0.481 e. The van der Waals surface area contributed by atoms with Crippen LogP contribution in [0.2, 0.25) is 0 Å². The number of nitrogens with one attached hydrogen (secondary N) is 1. The van der Waals surface area contributed by atoms with E-state index in [0.29, 0.717) is 6.42 Å². The summed E-state index contributed by atoms with van der Waals surface area (Å²) in [7, 11) is 0. The molecule has 1 aliphatic rings. The lowest BCUT2D eigenvalue weighted by Gasteiger charge is -2.05. The number of hydrogen-bond donors (Lipinski definition) is 3. The predicted molar refractivity (Wildman–Crippen MR) is 43.9 cm³/mol. The second-order valence-electron chi connectivity index (χ2n) is 3.38. The zero-order valence-corrected chi connectivity index (χ0v) is 7.36. The maximum absolute atomic E-state index is 11.1. The second kappa shape index (κ2) is 3.74. The Morgan fingerprint density at radius 3 is 2.54 bits per heavy atom. The number of hydrogen-bond acceptors (Lipinski definition) is 3. The summed E-state index contributed by atoms with van der Waals surface area (Å²) in [5.41, 5.74) is 0. The molecule has 0 aromatic rings. The fourth-order valence-electron chi connectivity index (χ4n) is 1.14. The average molecular weight is 187 g/mol. The molecule has 1 saturated carbocycles. The first-order valence-corrected chi connectivity index (χ1v) is 4.21. The zero-order valence-electron chi connectivity index (χ0n) is 7.36. The molecule has 1 unspecified atom stereocenters. The standard InChI is InChI=1S/C8H13NO4/c1-4(10)3-9-7(11)5-2-6(5)8(12)13/h4-6,10H,2-3H2,1H3,(H,9,11)(H,12,13)/t4?,5-,6+/m1/s1. The first-order valence-electron chi connectivity index (χ1n) is 4.21. The van der Waals surface area contributed by atoms with Crippen LogP contribution in [0.25, 0.3) is 0 Å². The van der Waals surface area contributed by atoms with E-state index in [1.807, 2.05) is 0 Å². The van der Waals surface area contributed by atoms with Crippen LogP contribution in [0.15, 0.2) is 0 Å². The minimum Gasteiger partial charge on any atom is -0.481 e. The van der Waals surface area contributed by atoms with Crippen LogP contribution in [-0.2, 0) is 9.59 Å². The topological polar surface area (TPSA) is 86.6 Å². The van der Waals surface area contributed by atoms with Gasteiger partial charge in [0.1, 0.15) is 0 Å². The number of aliphatic carboxylic acids is 1. The van der Waals surface area contributed by atoms with Crippen molar-refractivity contribution < 1.29 is 19.8 Å². The molecule has 5 heteroatoms. The van der Waals surface area contributed by atoms with E-state index in [1.54, 1.807) is 6.92 Å². The molecule has 0 aromatic heterocycles. The molecular formula is C8H13NO4. The molecule has 0 heterocycles. The van der Waals surface area contributed by atoms with Gasteiger partial charge >= 0.3 is 5.97 Å². The third kappa shape index (κ3) is 2.69. The first kappa shape index (κ1) is 9.98. The molecule has 5 nitrogen and oxygen atoms in total. The lowest BCUT2D eigenvalue weighted by molar-refractivity contribution is -0.140. The van der Waals surface area contributed by atoms with Crippen LogP contribution in [0.3, 0.4) is 0 Å². The predicted octanol–water partition coefficient (Wildman–Crippen LogP) is -0.796. The van der Waals surface area contributed by atoms with E-state index in [0.717, 1.165) is 0 Å². The Kier molecular flexibility index (Phi) is 2.87. The molecule has 3 N–H and O–H groups in total. The molecule has 0 radical (unpaired) electrons. The number of aliphatic hydroxyl groups excluding tert-OH is 1. The van der Waals surface area contributed by atoms with Gasteiger partial charge in [0.25, 0.3) is 0 Å². The van der Waals surface area contributed by atoms with E-state index in [-0.39, 0.29) is 12.5 Å². The summed E-state index contributed by atoms with van der Waals surface area (Å²) in [6.07, 6.45) is -0.174. The third-order valence-corrected chi connectivity index (χ3v) is 2.02. The molecule has 0 spiro atoms. The maximum atomic E-state index is 11.1. The molecule has 74 valence electrons. The number of carbonyl (C=O) groups is 2. The van der Waals surface area contributed by atoms with Gasteiger partial charge in [-0.15, -0.1) is 0 Å². The average Bonchev–Trinajstić information content (AvgIpc) is 2.78. The van der Waals surface area contributed by atoms with Gasteiger partial charge in [-0.1, -0.05) is 0 Å². The summed E-state index contributed by atoms with van der Waals surface area (Å²) >= 11 is 0. The Bertz CT molecular complexity index is 226. The molecule has 13 heavy (non-hydrogen) atoms. The van der Waals surface area contributed by atoms with Crippen LogP contribution in [-0.4, -0.2) is 34.7 Å². The molecular weight excluding hydrogens is 174 g/mol. The highest BCUT2D eigenvalue weighted by Crippen LogP contribution is 2.38. The van der Waals surface area contributed by atoms with Crippen molar-refractivity contribution in [3.05, 3.63) is 0 Å². The second-order valence-corrected chi connectivity index (χ2v) is 3.38. The van der Waals surface area contributed by atoms with Gasteiger partial charge in [0, 0.05) is 6.54 Å². The van der Waals surface area contributed by atoms with Gasteiger partial charge in [-0.05, 0) is 13.3 Å². The molecule has 0 aromatic carbocycles. The Hall–Kier alpha value is -1.10. The summed E-state index contributed by atoms with van der Waals surface area (Å²) in [6.45, 7) is 1.74. The summed E-state index contributed by atoms with van der Waals surface area (Å²) in [5.74, 6) is -2.10. The number of carboxylic acids is 1. The van der Waals surface area contributed by atoms with Gasteiger partial charge in [-0.25, -0.2) is 0 Å². The van der Waals surface area contributed by atoms with E-state index in [1.165, 1.54) is 0 Å². The van der Waals surface area contributed by atoms with Gasteiger partial charge in [-0.3, -0.25) is 9.59 Å². The molecule has 0 saturated heterocycles. The summed E-state index contributed by atoms with van der Waals surface area (Å²) in [6, 6.07) is 0. The zero-order chi connectivity index (χ0) is 10.0. The van der Waals surface area contributed by atoms with E-state index in [4.69, 9.17) is 10.2 Å². The van der Waals surface area contributed by atoms with Crippen molar-refractivity contribution in [3.8, 4) is 0 Å². The smallest absolute Gasteiger partial charge is 0.307 e. The van der Waals surface area contributed by atoms with Crippen LogP contribution >= 0.6 is 0 Å². The SMILES string of the molecule is CC(O)CNC(=O)[C@@H]1C[C@@H]1C(=O)O. The third-order valence-electron chi connectivity index (χ3n) is 2.02. The maximum Gasteiger partial charge on any atom is 0.307 e. The molecule has 1 amide bonds. The number of aliphatic hydroxyl groups is 1. The molecule has 1 fully saturated rings. The van der Waals surface area contributed by atoms with Crippen molar-refractivity contribution >= 4 is 11.9 Å². The monoisotopic (exact) mass is 187 g/mol. The highest BCUT2D eigenvalue weighted by Gasteiger charge is 2.48. The minimum absolute atomic E-state index is 0.182. The van der Waals surface area contributed by atoms with E-state index in [9.17, 15) is 9.59 Å². The number of rotatable bonds is 4. The van der Waals surface area contributed by atoms with E-state index >= 15 is 0 Å². The van der Waals surface area contributed by atoms with Crippen LogP contribution < -0.4 is 5.32 Å². The van der Waals surface area contributed by atoms with Gasteiger partial charge in [0.2, 0.25) is 5.91 Å². The van der Waals surface area contributed by atoms with Crippen molar-refractivity contribution in [1.29, 1.82) is 0 Å². The highest BCUT2D eigenvalue weighted by atomic mass is 16.4. The number of carbonyl (C=O) groups excluding carboxylic acids is 1.